The van der Waals surface area contributed by atoms with E-state index in [1.165, 1.54) is 4.90 Å². The number of methoxy groups -OCH3 is 2. The van der Waals surface area contributed by atoms with E-state index in [0.717, 1.165) is 16.4 Å². The molecule has 0 aromatic heterocycles. The van der Waals surface area contributed by atoms with Crippen molar-refractivity contribution in [2.24, 2.45) is 0 Å². The van der Waals surface area contributed by atoms with Crippen LogP contribution in [0.4, 0.5) is 0 Å². The average Bonchev–Trinajstić information content (AvgIpc) is 2.40. The van der Waals surface area contributed by atoms with E-state index in [1.807, 2.05) is 36.4 Å². The van der Waals surface area contributed by atoms with E-state index in [2.05, 4.69) is 12.1 Å². The van der Waals surface area contributed by atoms with Gasteiger partial charge >= 0.3 is 0 Å². The molecule has 0 saturated heterocycles. The van der Waals surface area contributed by atoms with Crippen LogP contribution in [0.2, 0.25) is 0 Å². The number of hydrogen-bond donors (Lipinski definition) is 0. The molecule has 2 aromatic carbocycles. The van der Waals surface area contributed by atoms with Crippen LogP contribution in [0.15, 0.2) is 58.3 Å². The lowest BCUT2D eigenvalue weighted by atomic mass is 10.3. The van der Waals surface area contributed by atoms with Crippen LogP contribution in [0.1, 0.15) is 0 Å². The van der Waals surface area contributed by atoms with Crippen molar-refractivity contribution in [3.05, 3.63) is 48.5 Å². The van der Waals surface area contributed by atoms with Gasteiger partial charge in [0, 0.05) is 4.90 Å². The summed E-state index contributed by atoms with van der Waals surface area (Å²) >= 11 is 1.66. The minimum absolute atomic E-state index is 0.837. The average molecular weight is 246 g/mol. The van der Waals surface area contributed by atoms with Crippen LogP contribution in [0.25, 0.3) is 0 Å². The summed E-state index contributed by atoms with van der Waals surface area (Å²) < 4.78 is 10.6. The fraction of sp³-hybridized carbons (Fsp3) is 0.143. The van der Waals surface area contributed by atoms with Gasteiger partial charge < -0.3 is 9.47 Å². The summed E-state index contributed by atoms with van der Waals surface area (Å²) in [5.74, 6) is 1.70. The highest BCUT2D eigenvalue weighted by Crippen LogP contribution is 2.37. The molecule has 0 atom stereocenters. The zero-order valence-corrected chi connectivity index (χ0v) is 10.7. The first-order chi connectivity index (χ1) is 8.33. The number of rotatable bonds is 4. The van der Waals surface area contributed by atoms with E-state index in [4.69, 9.17) is 9.47 Å². The predicted octanol–water partition coefficient (Wildman–Crippen LogP) is 3.86. The second-order valence-electron chi connectivity index (χ2n) is 3.43. The summed E-state index contributed by atoms with van der Waals surface area (Å²) in [6, 6.07) is 16.0. The Labute approximate surface area is 106 Å². The molecule has 2 rings (SSSR count). The van der Waals surface area contributed by atoms with Crippen LogP contribution >= 0.6 is 11.8 Å². The lowest BCUT2D eigenvalue weighted by Crippen LogP contribution is -1.88. The maximum atomic E-state index is 5.34. The molecule has 3 heteroatoms. The third-order valence-electron chi connectivity index (χ3n) is 2.34. The molecule has 0 bridgehead atoms. The Hall–Kier alpha value is -1.61. The molecule has 0 fully saturated rings. The van der Waals surface area contributed by atoms with Gasteiger partial charge in [0.2, 0.25) is 0 Å². The molecule has 0 aliphatic rings. The molecule has 0 radical (unpaired) electrons. The van der Waals surface area contributed by atoms with Gasteiger partial charge in [0.15, 0.2) is 0 Å². The molecule has 0 aliphatic carbocycles. The van der Waals surface area contributed by atoms with Gasteiger partial charge in [-0.25, -0.2) is 0 Å². The quantitative estimate of drug-likeness (QED) is 0.816. The van der Waals surface area contributed by atoms with Crippen LogP contribution in [-0.4, -0.2) is 14.2 Å². The largest absolute Gasteiger partial charge is 0.497 e. The van der Waals surface area contributed by atoms with Crippen molar-refractivity contribution in [1.82, 2.24) is 0 Å². The first-order valence-electron chi connectivity index (χ1n) is 5.28. The maximum absolute atomic E-state index is 5.34. The molecular weight excluding hydrogens is 232 g/mol. The van der Waals surface area contributed by atoms with Gasteiger partial charge in [-0.15, -0.1) is 0 Å². The molecule has 0 aliphatic heterocycles. The second kappa shape index (κ2) is 5.64. The van der Waals surface area contributed by atoms with Gasteiger partial charge in [0.05, 0.1) is 19.1 Å². The normalized spacial score (nSPS) is 10.0. The van der Waals surface area contributed by atoms with E-state index >= 15 is 0 Å². The van der Waals surface area contributed by atoms with Crippen LogP contribution in [0, 0.1) is 0 Å². The van der Waals surface area contributed by atoms with Crippen molar-refractivity contribution in [3.63, 3.8) is 0 Å². The third kappa shape index (κ3) is 2.94. The van der Waals surface area contributed by atoms with Gasteiger partial charge in [-0.3, -0.25) is 0 Å². The molecule has 88 valence electrons. The lowest BCUT2D eigenvalue weighted by molar-refractivity contribution is 0.394. The van der Waals surface area contributed by atoms with Crippen molar-refractivity contribution in [2.45, 2.75) is 9.79 Å². The zero-order chi connectivity index (χ0) is 12.1. The highest BCUT2D eigenvalue weighted by molar-refractivity contribution is 7.99. The molecule has 0 amide bonds. The maximum Gasteiger partial charge on any atom is 0.133 e. The molecule has 0 N–H and O–H groups in total. The lowest BCUT2D eigenvalue weighted by Gasteiger charge is -2.09. The number of hydrogen-bond acceptors (Lipinski definition) is 3. The first-order valence-corrected chi connectivity index (χ1v) is 6.10. The van der Waals surface area contributed by atoms with Crippen molar-refractivity contribution in [3.8, 4) is 11.5 Å². The molecular formula is C14H14O2S. The summed E-state index contributed by atoms with van der Waals surface area (Å²) in [5.41, 5.74) is 0. The minimum Gasteiger partial charge on any atom is -0.497 e. The number of ether oxygens (including phenoxy) is 2. The van der Waals surface area contributed by atoms with Crippen LogP contribution < -0.4 is 9.47 Å². The Morgan fingerprint density at radius 2 is 1.65 bits per heavy atom. The molecule has 0 saturated carbocycles. The van der Waals surface area contributed by atoms with Gasteiger partial charge in [0.1, 0.15) is 11.5 Å². The summed E-state index contributed by atoms with van der Waals surface area (Å²) in [5, 5.41) is 0. The summed E-state index contributed by atoms with van der Waals surface area (Å²) in [4.78, 5) is 2.23. The summed E-state index contributed by atoms with van der Waals surface area (Å²) in [6.45, 7) is 0. The van der Waals surface area contributed by atoms with E-state index in [1.54, 1.807) is 26.0 Å². The van der Waals surface area contributed by atoms with E-state index in [9.17, 15) is 0 Å². The molecule has 2 nitrogen and oxygen atoms in total. The fourth-order valence-electron chi connectivity index (χ4n) is 1.48. The van der Waals surface area contributed by atoms with E-state index in [-0.39, 0.29) is 0 Å². The zero-order valence-electron chi connectivity index (χ0n) is 9.84. The second-order valence-corrected chi connectivity index (χ2v) is 4.55. The van der Waals surface area contributed by atoms with Gasteiger partial charge in [-0.05, 0) is 30.3 Å². The highest BCUT2D eigenvalue weighted by Gasteiger charge is 2.06. The van der Waals surface area contributed by atoms with Crippen LogP contribution in [0.3, 0.4) is 0 Å². The molecule has 2 aromatic rings. The molecule has 0 spiro atoms. The first kappa shape index (κ1) is 11.9. The Kier molecular flexibility index (Phi) is 3.94. The van der Waals surface area contributed by atoms with E-state index in [0.29, 0.717) is 0 Å². The summed E-state index contributed by atoms with van der Waals surface area (Å²) in [6.07, 6.45) is 0. The minimum atomic E-state index is 0.837. The van der Waals surface area contributed by atoms with E-state index < -0.39 is 0 Å². The SMILES string of the molecule is COc1ccc(OC)c(Sc2ccccc2)c1. The van der Waals surface area contributed by atoms with Gasteiger partial charge in [-0.2, -0.15) is 0 Å². The topological polar surface area (TPSA) is 18.5 Å². The third-order valence-corrected chi connectivity index (χ3v) is 3.39. The van der Waals surface area contributed by atoms with Crippen molar-refractivity contribution in [1.29, 1.82) is 0 Å². The Balaban J connectivity index is 2.30. The van der Waals surface area contributed by atoms with Crippen LogP contribution in [-0.2, 0) is 0 Å². The van der Waals surface area contributed by atoms with Gasteiger partial charge in [-0.1, -0.05) is 30.0 Å². The van der Waals surface area contributed by atoms with Crippen molar-refractivity contribution >= 4 is 11.8 Å². The smallest absolute Gasteiger partial charge is 0.133 e. The Morgan fingerprint density at radius 3 is 2.29 bits per heavy atom. The summed E-state index contributed by atoms with van der Waals surface area (Å²) in [7, 11) is 3.34. The van der Waals surface area contributed by atoms with Crippen LogP contribution in [0.5, 0.6) is 11.5 Å². The monoisotopic (exact) mass is 246 g/mol. The van der Waals surface area contributed by atoms with Gasteiger partial charge in [0.25, 0.3) is 0 Å². The standard InChI is InChI=1S/C14H14O2S/c1-15-11-8-9-13(16-2)14(10-11)17-12-6-4-3-5-7-12/h3-10H,1-2H3. The fourth-order valence-corrected chi connectivity index (χ4v) is 2.45. The molecule has 0 heterocycles. The Morgan fingerprint density at radius 1 is 0.882 bits per heavy atom. The molecule has 0 unspecified atom stereocenters. The predicted molar refractivity (Wildman–Crippen MR) is 70.1 cm³/mol. The highest BCUT2D eigenvalue weighted by atomic mass is 32.2. The Bertz CT molecular complexity index is 483. The number of benzene rings is 2. The molecule has 17 heavy (non-hydrogen) atoms. The van der Waals surface area contributed by atoms with Crippen molar-refractivity contribution < 1.29 is 9.47 Å². The van der Waals surface area contributed by atoms with Crippen molar-refractivity contribution in [2.75, 3.05) is 14.2 Å².